The molecule has 9 heteroatoms. The fraction of sp³-hybridized carbons (Fsp3) is 0.391. The second-order valence-corrected chi connectivity index (χ2v) is 9.82. The van der Waals surface area contributed by atoms with Crippen LogP contribution in [-0.4, -0.2) is 56.6 Å². The van der Waals surface area contributed by atoms with E-state index < -0.39 is 34.3 Å². The lowest BCUT2D eigenvalue weighted by atomic mass is 10.1. The van der Waals surface area contributed by atoms with Crippen molar-refractivity contribution in [3.05, 3.63) is 66.0 Å². The van der Waals surface area contributed by atoms with Crippen LogP contribution >= 0.6 is 0 Å². The van der Waals surface area contributed by atoms with E-state index in [1.54, 1.807) is 6.92 Å². The molecule has 32 heavy (non-hydrogen) atoms. The van der Waals surface area contributed by atoms with E-state index in [4.69, 9.17) is 0 Å². The predicted octanol–water partition coefficient (Wildman–Crippen LogP) is 2.58. The Kier molecular flexibility index (Phi) is 8.77. The Morgan fingerprint density at radius 2 is 1.69 bits per heavy atom. The number of nitrogens with one attached hydrogen (secondary N) is 1. The molecule has 0 aliphatic rings. The smallest absolute Gasteiger partial charge is 0.244 e. The summed E-state index contributed by atoms with van der Waals surface area (Å²) in [6.07, 6.45) is 1.44. The molecule has 1 atom stereocenters. The van der Waals surface area contributed by atoms with Crippen LogP contribution in [0.5, 0.6) is 0 Å². The molecule has 0 aliphatic heterocycles. The number of carbonyl (C=O) groups excluding carboxylic acids is 2. The van der Waals surface area contributed by atoms with E-state index in [9.17, 15) is 22.4 Å². The van der Waals surface area contributed by atoms with Crippen molar-refractivity contribution in [3.8, 4) is 0 Å². The molecule has 1 N–H and O–H groups in total. The number of amides is 2. The van der Waals surface area contributed by atoms with Gasteiger partial charge in [-0.25, -0.2) is 12.8 Å². The molecule has 0 spiro atoms. The Hall–Kier alpha value is -2.94. The van der Waals surface area contributed by atoms with Crippen molar-refractivity contribution in [2.24, 2.45) is 0 Å². The first-order valence-corrected chi connectivity index (χ1v) is 12.2. The molecule has 0 bridgehead atoms. The number of rotatable bonds is 10. The molecular weight excluding hydrogens is 433 g/mol. The lowest BCUT2D eigenvalue weighted by Crippen LogP contribution is -2.53. The van der Waals surface area contributed by atoms with Gasteiger partial charge in [0.15, 0.2) is 0 Å². The van der Waals surface area contributed by atoms with E-state index in [-0.39, 0.29) is 24.2 Å². The number of hydrogen-bond acceptors (Lipinski definition) is 4. The second kappa shape index (κ2) is 11.1. The van der Waals surface area contributed by atoms with Gasteiger partial charge >= 0.3 is 0 Å². The SMILES string of the molecule is CC(C)NC(=O)C(C)N(CCc1ccccc1)C(=O)CN(c1cccc(F)c1)S(C)(=O)=O. The third-order valence-electron chi connectivity index (χ3n) is 4.86. The van der Waals surface area contributed by atoms with Crippen molar-refractivity contribution in [1.29, 1.82) is 0 Å². The molecule has 0 saturated carbocycles. The van der Waals surface area contributed by atoms with Crippen molar-refractivity contribution in [3.63, 3.8) is 0 Å². The van der Waals surface area contributed by atoms with Crippen LogP contribution in [0, 0.1) is 5.82 Å². The monoisotopic (exact) mass is 463 g/mol. The van der Waals surface area contributed by atoms with Crippen LogP contribution in [0.15, 0.2) is 54.6 Å². The third-order valence-corrected chi connectivity index (χ3v) is 6.00. The van der Waals surface area contributed by atoms with Crippen LogP contribution in [0.1, 0.15) is 26.3 Å². The first-order chi connectivity index (χ1) is 15.0. The summed E-state index contributed by atoms with van der Waals surface area (Å²) in [6, 6.07) is 13.6. The van der Waals surface area contributed by atoms with E-state index in [2.05, 4.69) is 5.32 Å². The van der Waals surface area contributed by atoms with Crippen LogP contribution in [-0.2, 0) is 26.0 Å². The summed E-state index contributed by atoms with van der Waals surface area (Å²) in [4.78, 5) is 27.2. The van der Waals surface area contributed by atoms with Crippen molar-refractivity contribution in [2.45, 2.75) is 39.3 Å². The standard InChI is InChI=1S/C23H30FN3O4S/c1-17(2)25-23(29)18(3)26(14-13-19-9-6-5-7-10-19)22(28)16-27(32(4,30)31)21-12-8-11-20(24)15-21/h5-12,15,17-18H,13-14,16H2,1-4H3,(H,25,29). The van der Waals surface area contributed by atoms with E-state index >= 15 is 0 Å². The summed E-state index contributed by atoms with van der Waals surface area (Å²) in [5, 5.41) is 2.78. The zero-order chi connectivity index (χ0) is 23.9. The molecular formula is C23H30FN3O4S. The van der Waals surface area contributed by atoms with Crippen molar-refractivity contribution in [2.75, 3.05) is 23.7 Å². The topological polar surface area (TPSA) is 86.8 Å². The van der Waals surface area contributed by atoms with Gasteiger partial charge in [-0.3, -0.25) is 13.9 Å². The Morgan fingerprint density at radius 1 is 1.03 bits per heavy atom. The van der Waals surface area contributed by atoms with Gasteiger partial charge in [0.25, 0.3) is 0 Å². The molecule has 1 unspecified atom stereocenters. The normalized spacial score (nSPS) is 12.3. The van der Waals surface area contributed by atoms with Crippen LogP contribution < -0.4 is 9.62 Å². The minimum absolute atomic E-state index is 0.0446. The minimum Gasteiger partial charge on any atom is -0.352 e. The summed E-state index contributed by atoms with van der Waals surface area (Å²) in [5.74, 6) is -1.51. The van der Waals surface area contributed by atoms with Crippen LogP contribution in [0.25, 0.3) is 0 Å². The van der Waals surface area contributed by atoms with Crippen molar-refractivity contribution < 1.29 is 22.4 Å². The number of anilines is 1. The van der Waals surface area contributed by atoms with E-state index in [0.29, 0.717) is 6.42 Å². The highest BCUT2D eigenvalue weighted by Gasteiger charge is 2.30. The first-order valence-electron chi connectivity index (χ1n) is 10.4. The second-order valence-electron chi connectivity index (χ2n) is 7.91. The van der Waals surface area contributed by atoms with Gasteiger partial charge in [0.1, 0.15) is 18.4 Å². The summed E-state index contributed by atoms with van der Waals surface area (Å²) in [6.45, 7) is 4.91. The Bertz CT molecular complexity index is 1030. The number of carbonyl (C=O) groups is 2. The highest BCUT2D eigenvalue weighted by Crippen LogP contribution is 2.19. The summed E-state index contributed by atoms with van der Waals surface area (Å²) in [7, 11) is -3.88. The van der Waals surface area contributed by atoms with Gasteiger partial charge in [-0.15, -0.1) is 0 Å². The quantitative estimate of drug-likeness (QED) is 0.587. The zero-order valence-corrected chi connectivity index (χ0v) is 19.6. The average molecular weight is 464 g/mol. The molecule has 2 aromatic rings. The number of sulfonamides is 1. The molecule has 2 aromatic carbocycles. The maximum atomic E-state index is 13.7. The number of hydrogen-bond donors (Lipinski definition) is 1. The Balaban J connectivity index is 2.30. The third kappa shape index (κ3) is 7.33. The molecule has 174 valence electrons. The lowest BCUT2D eigenvalue weighted by molar-refractivity contribution is -0.139. The Labute approximate surface area is 189 Å². The number of halogens is 1. The molecule has 0 fully saturated rings. The highest BCUT2D eigenvalue weighted by atomic mass is 32.2. The first kappa shape index (κ1) is 25.3. The molecule has 2 rings (SSSR count). The predicted molar refractivity (Wildman–Crippen MR) is 123 cm³/mol. The van der Waals surface area contributed by atoms with Gasteiger partial charge in [-0.1, -0.05) is 36.4 Å². The summed E-state index contributed by atoms with van der Waals surface area (Å²) >= 11 is 0. The van der Waals surface area contributed by atoms with Gasteiger partial charge in [-0.2, -0.15) is 0 Å². The largest absolute Gasteiger partial charge is 0.352 e. The van der Waals surface area contributed by atoms with Crippen LogP contribution in [0.4, 0.5) is 10.1 Å². The molecule has 0 aromatic heterocycles. The highest BCUT2D eigenvalue weighted by molar-refractivity contribution is 7.92. The summed E-state index contributed by atoms with van der Waals surface area (Å²) < 4.78 is 39.3. The van der Waals surface area contributed by atoms with Gasteiger partial charge in [0.05, 0.1) is 11.9 Å². The van der Waals surface area contributed by atoms with E-state index in [1.807, 2.05) is 44.2 Å². The summed E-state index contributed by atoms with van der Waals surface area (Å²) in [5.41, 5.74) is 1.02. The van der Waals surface area contributed by atoms with Gasteiger partial charge in [0.2, 0.25) is 21.8 Å². The van der Waals surface area contributed by atoms with Crippen LogP contribution in [0.3, 0.4) is 0 Å². The average Bonchev–Trinajstić information content (AvgIpc) is 2.71. The Morgan fingerprint density at radius 3 is 2.25 bits per heavy atom. The maximum Gasteiger partial charge on any atom is 0.244 e. The van der Waals surface area contributed by atoms with E-state index in [1.165, 1.54) is 23.1 Å². The minimum atomic E-state index is -3.88. The maximum absolute atomic E-state index is 13.7. The molecule has 0 aliphatic carbocycles. The lowest BCUT2D eigenvalue weighted by Gasteiger charge is -2.31. The van der Waals surface area contributed by atoms with Crippen molar-refractivity contribution in [1.82, 2.24) is 10.2 Å². The molecule has 0 saturated heterocycles. The fourth-order valence-electron chi connectivity index (χ4n) is 3.22. The van der Waals surface area contributed by atoms with Gasteiger partial charge in [0, 0.05) is 12.6 Å². The zero-order valence-electron chi connectivity index (χ0n) is 18.8. The molecule has 2 amide bonds. The number of nitrogens with zero attached hydrogens (tertiary/aromatic N) is 2. The molecule has 0 radical (unpaired) electrons. The molecule has 7 nitrogen and oxygen atoms in total. The number of benzene rings is 2. The van der Waals surface area contributed by atoms with Gasteiger partial charge < -0.3 is 10.2 Å². The van der Waals surface area contributed by atoms with Crippen molar-refractivity contribution >= 4 is 27.5 Å². The van der Waals surface area contributed by atoms with E-state index in [0.717, 1.165) is 22.2 Å². The fourth-order valence-corrected chi connectivity index (χ4v) is 4.06. The van der Waals surface area contributed by atoms with Crippen LogP contribution in [0.2, 0.25) is 0 Å². The van der Waals surface area contributed by atoms with Gasteiger partial charge in [-0.05, 0) is 51.0 Å². The molecule has 0 heterocycles.